The highest BCUT2D eigenvalue weighted by atomic mass is 16.5. The number of hydrogen-bond acceptors (Lipinski definition) is 1. The average molecular weight is 248 g/mol. The summed E-state index contributed by atoms with van der Waals surface area (Å²) in [5.74, 6) is 1.15. The molecule has 0 aromatic heterocycles. The molecule has 1 aliphatic rings. The second-order valence-corrected chi connectivity index (χ2v) is 5.38. The van der Waals surface area contributed by atoms with Gasteiger partial charge in [0.15, 0.2) is 0 Å². The first-order chi connectivity index (χ1) is 8.65. The van der Waals surface area contributed by atoms with Gasteiger partial charge in [0.1, 0.15) is 0 Å². The monoisotopic (exact) mass is 248 g/mol. The van der Waals surface area contributed by atoms with E-state index in [1.54, 1.807) is 0 Å². The lowest BCUT2D eigenvalue weighted by Gasteiger charge is -2.34. The number of hydrogen-bond donors (Lipinski definition) is 0. The van der Waals surface area contributed by atoms with Crippen molar-refractivity contribution >= 4 is 0 Å². The van der Waals surface area contributed by atoms with Gasteiger partial charge in [-0.25, -0.2) is 0 Å². The summed E-state index contributed by atoms with van der Waals surface area (Å²) in [5.41, 5.74) is 2.90. The fourth-order valence-electron chi connectivity index (χ4n) is 2.96. The minimum atomic E-state index is 0.227. The van der Waals surface area contributed by atoms with Crippen LogP contribution in [0.15, 0.2) is 36.0 Å². The number of unbranched alkanes of at least 4 members (excludes halogenated alkanes) is 1. The zero-order valence-corrected chi connectivity index (χ0v) is 12.4. The molecule has 0 N–H and O–H groups in total. The zero-order valence-electron chi connectivity index (χ0n) is 12.4. The highest BCUT2D eigenvalue weighted by molar-refractivity contribution is 5.28. The van der Waals surface area contributed by atoms with E-state index in [2.05, 4.69) is 39.5 Å². The normalized spacial score (nSPS) is 29.0. The summed E-state index contributed by atoms with van der Waals surface area (Å²) in [6.07, 6.45) is 11.5. The van der Waals surface area contributed by atoms with Crippen molar-refractivity contribution in [1.29, 1.82) is 0 Å². The maximum Gasteiger partial charge on any atom is 0.0820 e. The van der Waals surface area contributed by atoms with Crippen molar-refractivity contribution < 1.29 is 4.74 Å². The third kappa shape index (κ3) is 3.58. The molecule has 0 aromatic carbocycles. The fourth-order valence-corrected chi connectivity index (χ4v) is 2.96. The van der Waals surface area contributed by atoms with Gasteiger partial charge in [-0.05, 0) is 37.7 Å². The Morgan fingerprint density at radius 2 is 2.22 bits per heavy atom. The van der Waals surface area contributed by atoms with E-state index >= 15 is 0 Å². The lowest BCUT2D eigenvalue weighted by molar-refractivity contribution is 0.0750. The molecule has 0 amide bonds. The van der Waals surface area contributed by atoms with Crippen LogP contribution in [0.4, 0.5) is 0 Å². The van der Waals surface area contributed by atoms with Gasteiger partial charge in [0.25, 0.3) is 0 Å². The van der Waals surface area contributed by atoms with Crippen molar-refractivity contribution in [2.45, 2.75) is 52.6 Å². The second-order valence-electron chi connectivity index (χ2n) is 5.38. The Hall–Kier alpha value is -0.820. The minimum Gasteiger partial charge on any atom is -0.377 e. The molecule has 1 rings (SSSR count). The highest BCUT2D eigenvalue weighted by Crippen LogP contribution is 2.35. The number of ether oxygens (including phenoxy) is 1. The van der Waals surface area contributed by atoms with Gasteiger partial charge in [-0.15, -0.1) is 0 Å². The van der Waals surface area contributed by atoms with E-state index in [-0.39, 0.29) is 6.10 Å². The smallest absolute Gasteiger partial charge is 0.0820 e. The summed E-state index contributed by atoms with van der Waals surface area (Å²) in [4.78, 5) is 0. The topological polar surface area (TPSA) is 9.23 Å². The molecular formula is C17H28O. The van der Waals surface area contributed by atoms with Crippen LogP contribution in [0, 0.1) is 11.8 Å². The fraction of sp³-hybridized carbons (Fsp3) is 0.647. The van der Waals surface area contributed by atoms with Gasteiger partial charge in [-0.2, -0.15) is 0 Å². The van der Waals surface area contributed by atoms with Gasteiger partial charge in [-0.1, -0.05) is 50.6 Å². The SMILES string of the molecule is C=C/C(CCCC)=C(/C)C1C(C)CC=C[C@H]1OC. The first-order valence-electron chi connectivity index (χ1n) is 7.17. The second kappa shape index (κ2) is 7.58. The van der Waals surface area contributed by atoms with Gasteiger partial charge < -0.3 is 4.74 Å². The third-order valence-electron chi connectivity index (χ3n) is 4.13. The first-order valence-corrected chi connectivity index (χ1v) is 7.17. The molecule has 0 fully saturated rings. The van der Waals surface area contributed by atoms with Crippen molar-refractivity contribution in [1.82, 2.24) is 0 Å². The lowest BCUT2D eigenvalue weighted by atomic mass is 9.76. The van der Waals surface area contributed by atoms with E-state index in [9.17, 15) is 0 Å². The Labute approximate surface area is 113 Å². The summed E-state index contributed by atoms with van der Waals surface area (Å²) in [5, 5.41) is 0. The molecule has 0 radical (unpaired) electrons. The van der Waals surface area contributed by atoms with Crippen LogP contribution in [-0.2, 0) is 4.74 Å². The van der Waals surface area contributed by atoms with Gasteiger partial charge in [0, 0.05) is 13.0 Å². The molecule has 0 aromatic rings. The van der Waals surface area contributed by atoms with Crippen LogP contribution in [0.3, 0.4) is 0 Å². The summed E-state index contributed by atoms with van der Waals surface area (Å²) >= 11 is 0. The Morgan fingerprint density at radius 3 is 2.78 bits per heavy atom. The van der Waals surface area contributed by atoms with Crippen molar-refractivity contribution in [3.63, 3.8) is 0 Å². The molecule has 0 saturated carbocycles. The summed E-state index contributed by atoms with van der Waals surface area (Å²) in [6, 6.07) is 0. The number of allylic oxidation sites excluding steroid dienone is 3. The molecule has 102 valence electrons. The predicted octanol–water partition coefficient (Wildman–Crippen LogP) is 4.91. The lowest BCUT2D eigenvalue weighted by Crippen LogP contribution is -2.31. The minimum absolute atomic E-state index is 0.227. The van der Waals surface area contributed by atoms with Crippen LogP contribution in [-0.4, -0.2) is 13.2 Å². The van der Waals surface area contributed by atoms with Gasteiger partial charge in [0.2, 0.25) is 0 Å². The van der Waals surface area contributed by atoms with Crippen LogP contribution < -0.4 is 0 Å². The molecule has 3 atom stereocenters. The molecule has 0 bridgehead atoms. The van der Waals surface area contributed by atoms with Crippen LogP contribution in [0.25, 0.3) is 0 Å². The highest BCUT2D eigenvalue weighted by Gasteiger charge is 2.29. The Bertz CT molecular complexity index is 325. The van der Waals surface area contributed by atoms with E-state index in [4.69, 9.17) is 4.74 Å². The zero-order chi connectivity index (χ0) is 13.5. The Balaban J connectivity index is 2.95. The molecule has 0 heterocycles. The van der Waals surface area contributed by atoms with Gasteiger partial charge >= 0.3 is 0 Å². The van der Waals surface area contributed by atoms with Crippen LogP contribution >= 0.6 is 0 Å². The third-order valence-corrected chi connectivity index (χ3v) is 4.13. The standard InChI is InChI=1S/C17H28O/c1-6-8-11-15(7-2)14(4)17-13(3)10-9-12-16(17)18-5/h7,9,12-13,16-17H,2,6,8,10-11H2,1,3-5H3/b15-14+/t13?,16-,17?/m1/s1. The molecule has 0 spiro atoms. The Morgan fingerprint density at radius 1 is 1.50 bits per heavy atom. The molecular weight excluding hydrogens is 220 g/mol. The van der Waals surface area contributed by atoms with Gasteiger partial charge in [0.05, 0.1) is 6.10 Å². The van der Waals surface area contributed by atoms with E-state index in [0.717, 1.165) is 12.8 Å². The van der Waals surface area contributed by atoms with E-state index in [1.807, 2.05) is 13.2 Å². The van der Waals surface area contributed by atoms with Crippen molar-refractivity contribution in [2.24, 2.45) is 11.8 Å². The Kier molecular flexibility index (Phi) is 6.42. The van der Waals surface area contributed by atoms with Crippen LogP contribution in [0.5, 0.6) is 0 Å². The molecule has 2 unspecified atom stereocenters. The maximum atomic E-state index is 5.64. The predicted molar refractivity (Wildman–Crippen MR) is 79.6 cm³/mol. The quantitative estimate of drug-likeness (QED) is 0.479. The van der Waals surface area contributed by atoms with Crippen molar-refractivity contribution in [2.75, 3.05) is 7.11 Å². The van der Waals surface area contributed by atoms with E-state index in [0.29, 0.717) is 11.8 Å². The molecule has 18 heavy (non-hydrogen) atoms. The molecule has 0 saturated heterocycles. The molecule has 0 aliphatic heterocycles. The molecule has 1 nitrogen and oxygen atoms in total. The van der Waals surface area contributed by atoms with E-state index in [1.165, 1.54) is 24.0 Å². The number of methoxy groups -OCH3 is 1. The molecule has 1 aliphatic carbocycles. The first kappa shape index (κ1) is 15.2. The average Bonchev–Trinajstić information content (AvgIpc) is 2.38. The van der Waals surface area contributed by atoms with Crippen LogP contribution in [0.2, 0.25) is 0 Å². The van der Waals surface area contributed by atoms with Gasteiger partial charge in [-0.3, -0.25) is 0 Å². The molecule has 1 heteroatoms. The summed E-state index contributed by atoms with van der Waals surface area (Å²) < 4.78 is 5.64. The van der Waals surface area contributed by atoms with Crippen LogP contribution in [0.1, 0.15) is 46.5 Å². The summed E-state index contributed by atoms with van der Waals surface area (Å²) in [7, 11) is 1.81. The van der Waals surface area contributed by atoms with Crippen molar-refractivity contribution in [3.8, 4) is 0 Å². The van der Waals surface area contributed by atoms with Crippen molar-refractivity contribution in [3.05, 3.63) is 36.0 Å². The maximum absolute atomic E-state index is 5.64. The largest absolute Gasteiger partial charge is 0.377 e. The van der Waals surface area contributed by atoms with E-state index < -0.39 is 0 Å². The summed E-state index contributed by atoms with van der Waals surface area (Å²) in [6.45, 7) is 10.8. The number of rotatable bonds is 6.